The third-order valence-electron chi connectivity index (χ3n) is 6.36. The van der Waals surface area contributed by atoms with E-state index in [0.29, 0.717) is 19.8 Å². The molecular weight excluding hydrogens is 552 g/mol. The summed E-state index contributed by atoms with van der Waals surface area (Å²) in [6.07, 6.45) is 23.7. The van der Waals surface area contributed by atoms with Gasteiger partial charge in [0.1, 0.15) is 0 Å². The van der Waals surface area contributed by atoms with Gasteiger partial charge in [-0.3, -0.25) is 13.6 Å². The lowest BCUT2D eigenvalue weighted by Gasteiger charge is -2.18. The quantitative estimate of drug-likeness (QED) is 0.0538. The van der Waals surface area contributed by atoms with Crippen molar-refractivity contribution < 1.29 is 18.1 Å². The second-order valence-corrected chi connectivity index (χ2v) is 15.4. The van der Waals surface area contributed by atoms with Crippen LogP contribution in [0.25, 0.3) is 0 Å². The van der Waals surface area contributed by atoms with Gasteiger partial charge in [0.2, 0.25) is 0 Å². The fourth-order valence-corrected chi connectivity index (χ4v) is 7.97. The predicted octanol–water partition coefficient (Wildman–Crippen LogP) is 11.4. The van der Waals surface area contributed by atoms with Crippen LogP contribution < -0.4 is 0 Å². The van der Waals surface area contributed by atoms with Gasteiger partial charge in [-0.15, -0.1) is 0 Å². The molecule has 0 aromatic rings. The molecule has 0 amide bonds. The number of phosphoric acid groups is 1. The minimum Gasteiger partial charge on any atom is -0.286 e. The molecule has 0 aliphatic carbocycles. The summed E-state index contributed by atoms with van der Waals surface area (Å²) in [5.41, 5.74) is 0. The number of phosphoric ester groups is 1. The Morgan fingerprint density at radius 3 is 0.947 bits per heavy atom. The topological polar surface area (TPSA) is 44.8 Å². The first-order chi connectivity index (χ1) is 18.7. The molecule has 0 fully saturated rings. The Bertz CT molecular complexity index is 434. The SMILES string of the molecule is CCCCCCCCSCCOP(=O)(OCCSCCCCCCCC)OCCSCCCCCCCC. The van der Waals surface area contributed by atoms with Gasteiger partial charge in [0.15, 0.2) is 0 Å². The maximum absolute atomic E-state index is 13.2. The van der Waals surface area contributed by atoms with Gasteiger partial charge in [-0.05, 0) is 36.5 Å². The zero-order valence-corrected chi connectivity index (χ0v) is 28.7. The minimum atomic E-state index is -3.48. The van der Waals surface area contributed by atoms with Crippen molar-refractivity contribution in [2.75, 3.05) is 54.3 Å². The van der Waals surface area contributed by atoms with E-state index in [9.17, 15) is 4.57 Å². The molecule has 0 unspecified atom stereocenters. The van der Waals surface area contributed by atoms with E-state index in [2.05, 4.69) is 20.8 Å². The molecule has 0 rings (SSSR count). The van der Waals surface area contributed by atoms with E-state index in [1.807, 2.05) is 35.3 Å². The number of unbranched alkanes of at least 4 members (excludes halogenated alkanes) is 15. The summed E-state index contributed by atoms with van der Waals surface area (Å²) in [4.78, 5) is 0. The molecule has 0 spiro atoms. The van der Waals surface area contributed by atoms with E-state index in [4.69, 9.17) is 13.6 Å². The average molecular weight is 615 g/mol. The van der Waals surface area contributed by atoms with Crippen LogP contribution in [0.5, 0.6) is 0 Å². The molecule has 0 heterocycles. The molecule has 0 saturated carbocycles. The summed E-state index contributed by atoms with van der Waals surface area (Å²) in [5, 5.41) is 0. The van der Waals surface area contributed by atoms with Gasteiger partial charge >= 0.3 is 7.82 Å². The highest BCUT2D eigenvalue weighted by Gasteiger charge is 2.26. The van der Waals surface area contributed by atoms with E-state index in [1.165, 1.54) is 116 Å². The largest absolute Gasteiger partial charge is 0.474 e. The highest BCUT2D eigenvalue weighted by atomic mass is 32.2. The summed E-state index contributed by atoms with van der Waals surface area (Å²) >= 11 is 5.64. The Morgan fingerprint density at radius 2 is 0.658 bits per heavy atom. The number of hydrogen-bond acceptors (Lipinski definition) is 7. The molecule has 0 bridgehead atoms. The maximum atomic E-state index is 13.2. The predicted molar refractivity (Wildman–Crippen MR) is 178 cm³/mol. The lowest BCUT2D eigenvalue weighted by Crippen LogP contribution is -2.07. The van der Waals surface area contributed by atoms with Crippen molar-refractivity contribution >= 4 is 43.1 Å². The van der Waals surface area contributed by atoms with Gasteiger partial charge in [0.25, 0.3) is 0 Å². The highest BCUT2D eigenvalue weighted by molar-refractivity contribution is 7.99. The van der Waals surface area contributed by atoms with Gasteiger partial charge in [-0.25, -0.2) is 4.57 Å². The van der Waals surface area contributed by atoms with E-state index >= 15 is 0 Å². The van der Waals surface area contributed by atoms with Crippen molar-refractivity contribution in [2.24, 2.45) is 0 Å². The number of rotatable bonds is 33. The van der Waals surface area contributed by atoms with Crippen LogP contribution in [0.3, 0.4) is 0 Å². The van der Waals surface area contributed by atoms with Crippen LogP contribution in [0.4, 0.5) is 0 Å². The van der Waals surface area contributed by atoms with E-state index in [0.717, 1.165) is 34.5 Å². The molecule has 4 nitrogen and oxygen atoms in total. The second kappa shape index (κ2) is 32.7. The average Bonchev–Trinajstić information content (AvgIpc) is 2.92. The second-order valence-electron chi connectivity index (χ2n) is 10.1. The Morgan fingerprint density at radius 1 is 0.395 bits per heavy atom. The maximum Gasteiger partial charge on any atom is 0.474 e. The fourth-order valence-electron chi connectivity index (χ4n) is 4.00. The fraction of sp³-hybridized carbons (Fsp3) is 1.00. The summed E-state index contributed by atoms with van der Waals surface area (Å²) in [7, 11) is -3.48. The standard InChI is InChI=1S/C30H63O4PS3/c1-4-7-10-13-16-19-25-36-28-22-32-35(31,33-23-29-37-26-20-17-14-11-8-5-2)34-24-30-38-27-21-18-15-12-9-6-3/h4-30H2,1-3H3. The molecule has 0 aliphatic heterocycles. The van der Waals surface area contributed by atoms with Gasteiger partial charge in [0, 0.05) is 17.3 Å². The monoisotopic (exact) mass is 614 g/mol. The third-order valence-corrected chi connectivity index (χ3v) is 11.0. The molecule has 0 radical (unpaired) electrons. The van der Waals surface area contributed by atoms with E-state index in [-0.39, 0.29) is 0 Å². The Balaban J connectivity index is 4.07. The first kappa shape index (κ1) is 39.2. The zero-order valence-electron chi connectivity index (χ0n) is 25.4. The summed E-state index contributed by atoms with van der Waals surface area (Å²) in [6, 6.07) is 0. The highest BCUT2D eigenvalue weighted by Crippen LogP contribution is 2.49. The van der Waals surface area contributed by atoms with Crippen molar-refractivity contribution in [3.05, 3.63) is 0 Å². The van der Waals surface area contributed by atoms with E-state index < -0.39 is 7.82 Å². The van der Waals surface area contributed by atoms with Crippen molar-refractivity contribution in [1.29, 1.82) is 0 Å². The summed E-state index contributed by atoms with van der Waals surface area (Å²) in [6.45, 7) is 8.04. The normalized spacial score (nSPS) is 12.0. The van der Waals surface area contributed by atoms with Crippen molar-refractivity contribution in [1.82, 2.24) is 0 Å². The van der Waals surface area contributed by atoms with Gasteiger partial charge in [-0.1, -0.05) is 117 Å². The van der Waals surface area contributed by atoms with Crippen molar-refractivity contribution in [2.45, 2.75) is 136 Å². The van der Waals surface area contributed by atoms with Gasteiger partial charge < -0.3 is 0 Å². The van der Waals surface area contributed by atoms with Crippen LogP contribution in [0.2, 0.25) is 0 Å². The summed E-state index contributed by atoms with van der Waals surface area (Å²) < 4.78 is 30.4. The Labute approximate surface area is 251 Å². The molecule has 38 heavy (non-hydrogen) atoms. The third kappa shape index (κ3) is 30.1. The van der Waals surface area contributed by atoms with Crippen LogP contribution >= 0.6 is 43.1 Å². The lowest BCUT2D eigenvalue weighted by molar-refractivity contribution is 0.129. The van der Waals surface area contributed by atoms with Crippen molar-refractivity contribution in [3.63, 3.8) is 0 Å². The Kier molecular flexibility index (Phi) is 33.7. The number of thioether (sulfide) groups is 3. The molecule has 0 aromatic heterocycles. The Hall–Kier alpha value is 1.16. The molecule has 0 N–H and O–H groups in total. The molecular formula is C30H63O4PS3. The molecule has 0 saturated heterocycles. The summed E-state index contributed by atoms with van der Waals surface area (Å²) in [5.74, 6) is 5.95. The zero-order chi connectivity index (χ0) is 27.8. The molecule has 0 aliphatic rings. The number of hydrogen-bond donors (Lipinski definition) is 0. The van der Waals surface area contributed by atoms with Crippen molar-refractivity contribution in [3.8, 4) is 0 Å². The van der Waals surface area contributed by atoms with Gasteiger partial charge in [0.05, 0.1) is 19.8 Å². The first-order valence-electron chi connectivity index (χ1n) is 15.9. The van der Waals surface area contributed by atoms with Gasteiger partial charge in [-0.2, -0.15) is 35.3 Å². The van der Waals surface area contributed by atoms with Crippen LogP contribution in [0, 0.1) is 0 Å². The molecule has 230 valence electrons. The smallest absolute Gasteiger partial charge is 0.286 e. The van der Waals surface area contributed by atoms with Crippen LogP contribution in [0.1, 0.15) is 136 Å². The first-order valence-corrected chi connectivity index (χ1v) is 20.9. The minimum absolute atomic E-state index is 0.424. The molecule has 0 aromatic carbocycles. The molecule has 8 heteroatoms. The van der Waals surface area contributed by atoms with Crippen LogP contribution in [-0.2, 0) is 18.1 Å². The lowest BCUT2D eigenvalue weighted by atomic mass is 10.1. The van der Waals surface area contributed by atoms with Crippen LogP contribution in [-0.4, -0.2) is 54.3 Å². The van der Waals surface area contributed by atoms with E-state index in [1.54, 1.807) is 0 Å². The van der Waals surface area contributed by atoms with Crippen LogP contribution in [0.15, 0.2) is 0 Å². The molecule has 0 atom stereocenters.